The third kappa shape index (κ3) is 1.58. The van der Waals surface area contributed by atoms with Gasteiger partial charge in [-0.15, -0.1) is 5.10 Å². The largest absolute Gasteiger partial charge is 0.368 e. The predicted octanol–water partition coefficient (Wildman–Crippen LogP) is 1.68. The third-order valence-corrected chi connectivity index (χ3v) is 2.50. The van der Waals surface area contributed by atoms with Crippen molar-refractivity contribution in [3.05, 3.63) is 29.3 Å². The third-order valence-electron chi connectivity index (χ3n) is 2.50. The second-order valence-electron chi connectivity index (χ2n) is 3.68. The molecule has 0 unspecified atom stereocenters. The Balaban J connectivity index is 2.63. The molecule has 2 aromatic rings. The summed E-state index contributed by atoms with van der Waals surface area (Å²) >= 11 is 0. The fourth-order valence-electron chi connectivity index (χ4n) is 1.67. The SMILES string of the molecule is Cc1cccc(C)c1-c1nc(N)n(C)n1. The minimum absolute atomic E-state index is 0.438. The van der Waals surface area contributed by atoms with Crippen molar-refractivity contribution in [3.63, 3.8) is 0 Å². The lowest BCUT2D eigenvalue weighted by atomic mass is 10.0. The van der Waals surface area contributed by atoms with Crippen LogP contribution in [0.25, 0.3) is 11.4 Å². The summed E-state index contributed by atoms with van der Waals surface area (Å²) < 4.78 is 1.58. The molecule has 0 saturated heterocycles. The quantitative estimate of drug-likeness (QED) is 0.765. The molecule has 0 aliphatic heterocycles. The van der Waals surface area contributed by atoms with Crippen LogP contribution in [-0.2, 0) is 7.05 Å². The van der Waals surface area contributed by atoms with E-state index in [4.69, 9.17) is 5.73 Å². The molecule has 0 amide bonds. The number of anilines is 1. The molecule has 2 N–H and O–H groups in total. The standard InChI is InChI=1S/C11H14N4/c1-7-5-4-6-8(2)9(7)10-13-11(12)15(3)14-10/h4-6H,1-3H3,(H2,12,13,14). The van der Waals surface area contributed by atoms with Gasteiger partial charge in [0.15, 0.2) is 5.82 Å². The zero-order valence-electron chi connectivity index (χ0n) is 9.15. The number of aryl methyl sites for hydroxylation is 3. The molecule has 78 valence electrons. The first-order valence-corrected chi connectivity index (χ1v) is 4.82. The molecular formula is C11H14N4. The van der Waals surface area contributed by atoms with Gasteiger partial charge in [0.05, 0.1) is 0 Å². The average Bonchev–Trinajstić information content (AvgIpc) is 2.46. The molecule has 0 aliphatic carbocycles. The number of benzene rings is 1. The Kier molecular flexibility index (Phi) is 2.19. The summed E-state index contributed by atoms with van der Waals surface area (Å²) in [5.74, 6) is 1.14. The molecule has 0 saturated carbocycles. The molecule has 0 spiro atoms. The zero-order valence-corrected chi connectivity index (χ0v) is 9.15. The molecule has 15 heavy (non-hydrogen) atoms. The molecule has 0 bridgehead atoms. The monoisotopic (exact) mass is 202 g/mol. The van der Waals surface area contributed by atoms with Gasteiger partial charge in [-0.1, -0.05) is 18.2 Å². The van der Waals surface area contributed by atoms with Gasteiger partial charge in [-0.25, -0.2) is 4.68 Å². The summed E-state index contributed by atoms with van der Waals surface area (Å²) in [6.07, 6.45) is 0. The Labute approximate surface area is 88.8 Å². The van der Waals surface area contributed by atoms with Crippen LogP contribution >= 0.6 is 0 Å². The van der Waals surface area contributed by atoms with E-state index in [-0.39, 0.29) is 0 Å². The first-order valence-electron chi connectivity index (χ1n) is 4.82. The first-order chi connectivity index (χ1) is 7.09. The van der Waals surface area contributed by atoms with E-state index >= 15 is 0 Å². The second-order valence-corrected chi connectivity index (χ2v) is 3.68. The maximum atomic E-state index is 5.67. The highest BCUT2D eigenvalue weighted by atomic mass is 15.4. The second kappa shape index (κ2) is 3.38. The summed E-state index contributed by atoms with van der Waals surface area (Å²) in [7, 11) is 1.79. The van der Waals surface area contributed by atoms with Crippen molar-refractivity contribution in [1.29, 1.82) is 0 Å². The molecule has 1 heterocycles. The highest BCUT2D eigenvalue weighted by Gasteiger charge is 2.11. The van der Waals surface area contributed by atoms with Crippen LogP contribution in [0, 0.1) is 13.8 Å². The molecule has 4 nitrogen and oxygen atoms in total. The minimum atomic E-state index is 0.438. The maximum Gasteiger partial charge on any atom is 0.218 e. The summed E-state index contributed by atoms with van der Waals surface area (Å²) in [4.78, 5) is 4.23. The number of aromatic nitrogens is 3. The molecule has 4 heteroatoms. The van der Waals surface area contributed by atoms with Crippen LogP contribution in [0.1, 0.15) is 11.1 Å². The van der Waals surface area contributed by atoms with Crippen LogP contribution in [0.3, 0.4) is 0 Å². The van der Waals surface area contributed by atoms with Crippen molar-refractivity contribution in [2.45, 2.75) is 13.8 Å². The Bertz CT molecular complexity index is 460. The topological polar surface area (TPSA) is 56.7 Å². The van der Waals surface area contributed by atoms with Crippen LogP contribution in [0.2, 0.25) is 0 Å². The summed E-state index contributed by atoms with van der Waals surface area (Å²) in [5.41, 5.74) is 9.08. The van der Waals surface area contributed by atoms with Crippen molar-refractivity contribution in [1.82, 2.24) is 14.8 Å². The molecule has 0 radical (unpaired) electrons. The molecule has 0 atom stereocenters. The molecule has 1 aromatic carbocycles. The van der Waals surface area contributed by atoms with Gasteiger partial charge in [0.2, 0.25) is 5.95 Å². The summed E-state index contributed by atoms with van der Waals surface area (Å²) in [5, 5.41) is 4.28. The number of nitrogen functional groups attached to an aromatic ring is 1. The predicted molar refractivity (Wildman–Crippen MR) is 60.3 cm³/mol. The van der Waals surface area contributed by atoms with Crippen LogP contribution in [-0.4, -0.2) is 14.8 Å². The van der Waals surface area contributed by atoms with Gasteiger partial charge >= 0.3 is 0 Å². The zero-order chi connectivity index (χ0) is 11.0. The van der Waals surface area contributed by atoms with E-state index in [2.05, 4.69) is 36.1 Å². The summed E-state index contributed by atoms with van der Waals surface area (Å²) in [6, 6.07) is 6.13. The van der Waals surface area contributed by atoms with Crippen molar-refractivity contribution in [2.75, 3.05) is 5.73 Å². The Hall–Kier alpha value is -1.84. The van der Waals surface area contributed by atoms with Crippen LogP contribution in [0.5, 0.6) is 0 Å². The Morgan fingerprint density at radius 1 is 1.20 bits per heavy atom. The molecule has 1 aromatic heterocycles. The van der Waals surface area contributed by atoms with Crippen LogP contribution in [0.15, 0.2) is 18.2 Å². The van der Waals surface area contributed by atoms with Crippen molar-refractivity contribution < 1.29 is 0 Å². The van der Waals surface area contributed by atoms with Crippen molar-refractivity contribution in [2.24, 2.45) is 7.05 Å². The van der Waals surface area contributed by atoms with Gasteiger partial charge in [-0.05, 0) is 25.0 Å². The number of nitrogens with zero attached hydrogens (tertiary/aromatic N) is 3. The van der Waals surface area contributed by atoms with E-state index in [1.807, 2.05) is 6.07 Å². The number of hydrogen-bond acceptors (Lipinski definition) is 3. The fourth-order valence-corrected chi connectivity index (χ4v) is 1.67. The van der Waals surface area contributed by atoms with Gasteiger partial charge in [0.1, 0.15) is 0 Å². The minimum Gasteiger partial charge on any atom is -0.368 e. The van der Waals surface area contributed by atoms with Gasteiger partial charge in [0.25, 0.3) is 0 Å². The molecule has 0 fully saturated rings. The van der Waals surface area contributed by atoms with E-state index in [1.165, 1.54) is 11.1 Å². The Morgan fingerprint density at radius 3 is 2.27 bits per heavy atom. The molecule has 0 aliphatic rings. The smallest absolute Gasteiger partial charge is 0.218 e. The van der Waals surface area contributed by atoms with E-state index in [9.17, 15) is 0 Å². The maximum absolute atomic E-state index is 5.67. The van der Waals surface area contributed by atoms with E-state index in [0.717, 1.165) is 5.56 Å². The first kappa shape index (κ1) is 9.71. The van der Waals surface area contributed by atoms with Gasteiger partial charge in [-0.3, -0.25) is 0 Å². The number of rotatable bonds is 1. The summed E-state index contributed by atoms with van der Waals surface area (Å²) in [6.45, 7) is 4.10. The van der Waals surface area contributed by atoms with Crippen molar-refractivity contribution >= 4 is 5.95 Å². The lowest BCUT2D eigenvalue weighted by Gasteiger charge is -2.04. The van der Waals surface area contributed by atoms with Crippen LogP contribution in [0.4, 0.5) is 5.95 Å². The number of nitrogens with two attached hydrogens (primary N) is 1. The lowest BCUT2D eigenvalue weighted by Crippen LogP contribution is -1.97. The molecular weight excluding hydrogens is 188 g/mol. The van der Waals surface area contributed by atoms with Crippen molar-refractivity contribution in [3.8, 4) is 11.4 Å². The Morgan fingerprint density at radius 2 is 1.80 bits per heavy atom. The van der Waals surface area contributed by atoms with E-state index in [0.29, 0.717) is 11.8 Å². The highest BCUT2D eigenvalue weighted by molar-refractivity contribution is 5.64. The normalized spacial score (nSPS) is 10.6. The van der Waals surface area contributed by atoms with Crippen LogP contribution < -0.4 is 5.73 Å². The lowest BCUT2D eigenvalue weighted by molar-refractivity contribution is 0.780. The van der Waals surface area contributed by atoms with E-state index < -0.39 is 0 Å². The van der Waals surface area contributed by atoms with Gasteiger partial charge in [0, 0.05) is 12.6 Å². The van der Waals surface area contributed by atoms with Gasteiger partial charge < -0.3 is 5.73 Å². The number of hydrogen-bond donors (Lipinski definition) is 1. The van der Waals surface area contributed by atoms with E-state index in [1.54, 1.807) is 11.7 Å². The highest BCUT2D eigenvalue weighted by Crippen LogP contribution is 2.24. The average molecular weight is 202 g/mol. The molecule has 2 rings (SSSR count). The fraction of sp³-hybridized carbons (Fsp3) is 0.273. The van der Waals surface area contributed by atoms with Gasteiger partial charge in [-0.2, -0.15) is 4.98 Å².